The van der Waals surface area contributed by atoms with E-state index in [9.17, 15) is 28.2 Å². The average Bonchev–Trinajstić information content (AvgIpc) is 3.51. The van der Waals surface area contributed by atoms with Gasteiger partial charge in [0.05, 0.1) is 11.2 Å². The molecule has 16 heteroatoms. The summed E-state index contributed by atoms with van der Waals surface area (Å²) in [4.78, 5) is 37.5. The van der Waals surface area contributed by atoms with Crippen molar-refractivity contribution in [3.8, 4) is 0 Å². The molecule has 3 amide bonds. The van der Waals surface area contributed by atoms with Crippen LogP contribution in [0.5, 0.6) is 0 Å². The first kappa shape index (κ1) is 27.9. The van der Waals surface area contributed by atoms with E-state index in [1.807, 2.05) is 0 Å². The molecule has 0 radical (unpaired) electrons. The molecule has 15 nitrogen and oxygen atoms in total. The second-order valence-corrected chi connectivity index (χ2v) is 11.4. The highest BCUT2D eigenvalue weighted by Crippen LogP contribution is 2.32. The molecule has 2 fully saturated rings. The Morgan fingerprint density at radius 3 is 2.45 bits per heavy atom. The highest BCUT2D eigenvalue weighted by molar-refractivity contribution is 7.89. The van der Waals surface area contributed by atoms with Gasteiger partial charge >= 0.3 is 6.03 Å². The molecule has 2 aromatic heterocycles. The van der Waals surface area contributed by atoms with Crippen LogP contribution in [0.25, 0.3) is 11.2 Å². The second-order valence-electron chi connectivity index (χ2n) is 9.44. The van der Waals surface area contributed by atoms with E-state index in [0.29, 0.717) is 25.3 Å². The van der Waals surface area contributed by atoms with Crippen molar-refractivity contribution in [3.05, 3.63) is 36.9 Å². The number of benzene rings is 1. The number of amides is 3. The van der Waals surface area contributed by atoms with Crippen molar-refractivity contribution in [2.24, 2.45) is 0 Å². The number of hydrogen-bond donors (Lipinski definition) is 5. The number of fused-ring (bicyclic) bond motifs is 1. The zero-order valence-electron chi connectivity index (χ0n) is 21.6. The molecule has 2 aliphatic rings. The molecule has 214 valence electrons. The number of nitrogens with zero attached hydrogens (tertiary/aromatic N) is 5. The van der Waals surface area contributed by atoms with Gasteiger partial charge in [0.1, 0.15) is 18.5 Å². The number of urea groups is 1. The third-order valence-corrected chi connectivity index (χ3v) is 8.69. The summed E-state index contributed by atoms with van der Waals surface area (Å²) in [6.45, 7) is 3.03. The van der Waals surface area contributed by atoms with Crippen molar-refractivity contribution in [1.82, 2.24) is 29.1 Å². The molecule has 0 bridgehead atoms. The molecule has 4 atom stereocenters. The molecule has 0 unspecified atom stereocenters. The van der Waals surface area contributed by atoms with E-state index < -0.39 is 46.5 Å². The number of carbonyl (C=O) groups is 2. The summed E-state index contributed by atoms with van der Waals surface area (Å²) in [6, 6.07) is 5.22. The number of anilines is 2. The van der Waals surface area contributed by atoms with E-state index >= 15 is 0 Å². The van der Waals surface area contributed by atoms with Crippen molar-refractivity contribution in [2.45, 2.75) is 55.6 Å². The largest absolute Gasteiger partial charge is 0.387 e. The summed E-state index contributed by atoms with van der Waals surface area (Å²) in [5.74, 6) is -0.509. The average molecular weight is 575 g/mol. The van der Waals surface area contributed by atoms with Crippen LogP contribution in [-0.2, 0) is 19.6 Å². The first-order chi connectivity index (χ1) is 19.2. The summed E-state index contributed by atoms with van der Waals surface area (Å²) in [6.07, 6.45) is -0.212. The van der Waals surface area contributed by atoms with E-state index in [0.717, 1.165) is 19.3 Å². The number of rotatable bonds is 7. The predicted molar refractivity (Wildman–Crippen MR) is 142 cm³/mol. The zero-order chi connectivity index (χ0) is 28.4. The lowest BCUT2D eigenvalue weighted by Crippen LogP contribution is -2.42. The van der Waals surface area contributed by atoms with Crippen molar-refractivity contribution in [2.75, 3.05) is 30.3 Å². The number of imidazole rings is 1. The van der Waals surface area contributed by atoms with Crippen LogP contribution in [0.3, 0.4) is 0 Å². The number of nitrogens with one attached hydrogen (secondary N) is 3. The zero-order valence-corrected chi connectivity index (χ0v) is 22.4. The van der Waals surface area contributed by atoms with Crippen molar-refractivity contribution in [1.29, 1.82) is 0 Å². The van der Waals surface area contributed by atoms with Crippen molar-refractivity contribution >= 4 is 44.6 Å². The molecule has 1 aromatic carbocycles. The van der Waals surface area contributed by atoms with E-state index in [1.165, 1.54) is 45.8 Å². The smallest absolute Gasteiger partial charge is 0.324 e. The third kappa shape index (κ3) is 5.35. The van der Waals surface area contributed by atoms with Crippen LogP contribution in [0.4, 0.5) is 16.3 Å². The SMILES string of the molecule is CCNC(=O)[C@H]1O[C@@H](n2cnc3c(NC(=O)Nc4ccc(S(=O)(=O)N5CCCCC5)cc4)ncnc32)[C@H](O)[C@@H]1O. The Morgan fingerprint density at radius 1 is 1.02 bits per heavy atom. The minimum absolute atomic E-state index is 0.0545. The highest BCUT2D eigenvalue weighted by Gasteiger charge is 2.47. The van der Waals surface area contributed by atoms with Gasteiger partial charge in [-0.05, 0) is 44.0 Å². The van der Waals surface area contributed by atoms with Gasteiger partial charge in [0, 0.05) is 25.3 Å². The van der Waals surface area contributed by atoms with Gasteiger partial charge in [0.2, 0.25) is 10.0 Å². The molecule has 2 saturated heterocycles. The Labute approximate surface area is 229 Å². The molecule has 40 heavy (non-hydrogen) atoms. The maximum atomic E-state index is 12.8. The highest BCUT2D eigenvalue weighted by atomic mass is 32.2. The van der Waals surface area contributed by atoms with Crippen molar-refractivity contribution < 1.29 is 33.0 Å². The number of aromatic nitrogens is 4. The lowest BCUT2D eigenvalue weighted by atomic mass is 10.1. The lowest BCUT2D eigenvalue weighted by Gasteiger charge is -2.25. The molecule has 0 spiro atoms. The molecular weight excluding hydrogens is 544 g/mol. The fourth-order valence-electron chi connectivity index (χ4n) is 4.74. The molecule has 5 rings (SSSR count). The summed E-state index contributed by atoms with van der Waals surface area (Å²) in [5.41, 5.74) is 0.719. The van der Waals surface area contributed by atoms with E-state index in [-0.39, 0.29) is 21.9 Å². The Bertz CT molecular complexity index is 1490. The number of aliphatic hydroxyl groups excluding tert-OH is 2. The standard InChI is InChI=1S/C24H30N8O7S/c1-2-25-22(35)19-17(33)18(34)23(39-19)32-13-28-16-20(26-12-27-21(16)32)30-24(36)29-14-6-8-15(9-7-14)40(37,38)31-10-4-3-5-11-31/h6-9,12-13,17-19,23,33-34H,2-5,10-11H2,1H3,(H,25,35)(H2,26,27,29,30,36)/t17-,18+,19-,23+/m0/s1. The fourth-order valence-corrected chi connectivity index (χ4v) is 6.26. The summed E-state index contributed by atoms with van der Waals surface area (Å²) in [5, 5.41) is 28.6. The molecule has 4 heterocycles. The number of carbonyl (C=O) groups excluding carboxylic acids is 2. The lowest BCUT2D eigenvalue weighted by molar-refractivity contribution is -0.137. The summed E-state index contributed by atoms with van der Waals surface area (Å²) < 4.78 is 34.1. The number of hydrogen-bond acceptors (Lipinski definition) is 10. The Balaban J connectivity index is 1.28. The molecule has 3 aromatic rings. The number of aliphatic hydroxyl groups is 2. The number of likely N-dealkylation sites (N-methyl/N-ethyl adjacent to an activating group) is 1. The van der Waals surface area contributed by atoms with Crippen LogP contribution in [0.2, 0.25) is 0 Å². The van der Waals surface area contributed by atoms with Crippen LogP contribution in [0.15, 0.2) is 41.8 Å². The maximum Gasteiger partial charge on any atom is 0.324 e. The van der Waals surface area contributed by atoms with Gasteiger partial charge in [-0.2, -0.15) is 4.31 Å². The molecule has 0 saturated carbocycles. The number of ether oxygens (including phenoxy) is 1. The quantitative estimate of drug-likeness (QED) is 0.263. The van der Waals surface area contributed by atoms with Gasteiger partial charge in [-0.3, -0.25) is 14.7 Å². The van der Waals surface area contributed by atoms with Crippen LogP contribution in [-0.4, -0.2) is 92.3 Å². The molecule has 0 aliphatic carbocycles. The Hall–Kier alpha value is -3.70. The van der Waals surface area contributed by atoms with E-state index in [4.69, 9.17) is 4.74 Å². The van der Waals surface area contributed by atoms with E-state index in [1.54, 1.807) is 6.92 Å². The van der Waals surface area contributed by atoms with Crippen LogP contribution in [0.1, 0.15) is 32.4 Å². The van der Waals surface area contributed by atoms with E-state index in [2.05, 4.69) is 30.9 Å². The van der Waals surface area contributed by atoms with Gasteiger partial charge in [0.25, 0.3) is 5.91 Å². The topological polar surface area (TPSA) is 201 Å². The third-order valence-electron chi connectivity index (χ3n) is 6.78. The van der Waals surface area contributed by atoms with Gasteiger partial charge in [-0.1, -0.05) is 6.42 Å². The van der Waals surface area contributed by atoms with Gasteiger partial charge in [-0.15, -0.1) is 0 Å². The molecule has 2 aliphatic heterocycles. The monoisotopic (exact) mass is 574 g/mol. The van der Waals surface area contributed by atoms with Gasteiger partial charge in [0.15, 0.2) is 29.3 Å². The van der Waals surface area contributed by atoms with Crippen molar-refractivity contribution in [3.63, 3.8) is 0 Å². The number of sulfonamides is 1. The minimum atomic E-state index is -3.59. The number of piperidine rings is 1. The molecule has 5 N–H and O–H groups in total. The van der Waals surface area contributed by atoms with Crippen LogP contribution < -0.4 is 16.0 Å². The first-order valence-electron chi connectivity index (χ1n) is 12.9. The maximum absolute atomic E-state index is 12.8. The predicted octanol–water partition coefficient (Wildman–Crippen LogP) is 0.400. The normalized spacial score (nSPS) is 23.7. The van der Waals surface area contributed by atoms with Gasteiger partial charge < -0.3 is 25.6 Å². The van der Waals surface area contributed by atoms with Gasteiger partial charge in [-0.25, -0.2) is 28.2 Å². The summed E-state index contributed by atoms with van der Waals surface area (Å²) in [7, 11) is -3.59. The molecular formula is C24H30N8O7S. The fraction of sp³-hybridized carbons (Fsp3) is 0.458. The van der Waals surface area contributed by atoms with Crippen LogP contribution >= 0.6 is 0 Å². The minimum Gasteiger partial charge on any atom is -0.387 e. The Morgan fingerprint density at radius 2 is 1.75 bits per heavy atom. The Kier molecular flexibility index (Phi) is 7.95. The summed E-state index contributed by atoms with van der Waals surface area (Å²) >= 11 is 0. The second kappa shape index (κ2) is 11.4. The first-order valence-corrected chi connectivity index (χ1v) is 14.3. The van der Waals surface area contributed by atoms with Crippen LogP contribution in [0, 0.1) is 0 Å².